The highest BCUT2D eigenvalue weighted by Crippen LogP contribution is 2.08. The Kier molecular flexibility index (Phi) is 4.97. The molecule has 0 aliphatic rings. The van der Waals surface area contributed by atoms with Crippen molar-refractivity contribution in [2.75, 3.05) is 13.2 Å². The molecule has 0 fully saturated rings. The molecule has 0 heterocycles. The SMILES string of the molecule is NCCCc1cccc(/C=C/CO)c1. The zero-order chi connectivity index (χ0) is 10.2. The van der Waals surface area contributed by atoms with E-state index in [2.05, 4.69) is 12.1 Å². The number of hydrogen-bond acceptors (Lipinski definition) is 2. The lowest BCUT2D eigenvalue weighted by molar-refractivity contribution is 0.343. The van der Waals surface area contributed by atoms with Crippen LogP contribution in [0.3, 0.4) is 0 Å². The third-order valence-corrected chi connectivity index (χ3v) is 2.04. The first-order valence-electron chi connectivity index (χ1n) is 4.93. The number of aryl methyl sites for hydroxylation is 1. The molecule has 0 aliphatic heterocycles. The fraction of sp³-hybridized carbons (Fsp3) is 0.333. The third kappa shape index (κ3) is 3.73. The van der Waals surface area contributed by atoms with Gasteiger partial charge in [-0.25, -0.2) is 0 Å². The molecule has 1 aromatic rings. The second kappa shape index (κ2) is 6.35. The second-order valence-electron chi connectivity index (χ2n) is 3.22. The molecule has 0 radical (unpaired) electrons. The minimum absolute atomic E-state index is 0.0903. The molecule has 2 heteroatoms. The van der Waals surface area contributed by atoms with Gasteiger partial charge in [-0.15, -0.1) is 0 Å². The zero-order valence-electron chi connectivity index (χ0n) is 8.32. The van der Waals surface area contributed by atoms with Crippen molar-refractivity contribution in [3.05, 3.63) is 41.5 Å². The summed E-state index contributed by atoms with van der Waals surface area (Å²) in [7, 11) is 0. The van der Waals surface area contributed by atoms with E-state index in [4.69, 9.17) is 10.8 Å². The predicted molar refractivity (Wildman–Crippen MR) is 59.9 cm³/mol. The van der Waals surface area contributed by atoms with Crippen LogP contribution in [-0.2, 0) is 6.42 Å². The second-order valence-corrected chi connectivity index (χ2v) is 3.22. The van der Waals surface area contributed by atoms with E-state index in [9.17, 15) is 0 Å². The van der Waals surface area contributed by atoms with Crippen LogP contribution in [0.5, 0.6) is 0 Å². The topological polar surface area (TPSA) is 46.2 Å². The maximum atomic E-state index is 8.63. The lowest BCUT2D eigenvalue weighted by Crippen LogP contribution is -2.00. The van der Waals surface area contributed by atoms with Gasteiger partial charge in [0, 0.05) is 0 Å². The van der Waals surface area contributed by atoms with E-state index in [1.165, 1.54) is 5.56 Å². The lowest BCUT2D eigenvalue weighted by Gasteiger charge is -2.00. The summed E-state index contributed by atoms with van der Waals surface area (Å²) in [5.74, 6) is 0. The van der Waals surface area contributed by atoms with Crippen molar-refractivity contribution in [3.8, 4) is 0 Å². The molecule has 0 aliphatic carbocycles. The molecule has 0 saturated heterocycles. The highest BCUT2D eigenvalue weighted by atomic mass is 16.2. The minimum Gasteiger partial charge on any atom is -0.392 e. The van der Waals surface area contributed by atoms with Crippen molar-refractivity contribution in [1.29, 1.82) is 0 Å². The standard InChI is InChI=1S/C12H17NO/c13-8-2-6-11-4-1-5-12(10-11)7-3-9-14/h1,3-5,7,10,14H,2,6,8-9,13H2/b7-3+. The fourth-order valence-corrected chi connectivity index (χ4v) is 1.35. The lowest BCUT2D eigenvalue weighted by atomic mass is 10.1. The smallest absolute Gasteiger partial charge is 0.0615 e. The van der Waals surface area contributed by atoms with Crippen LogP contribution in [0.2, 0.25) is 0 Å². The summed E-state index contributed by atoms with van der Waals surface area (Å²) in [6.45, 7) is 0.823. The number of benzene rings is 1. The number of hydrogen-bond donors (Lipinski definition) is 2. The van der Waals surface area contributed by atoms with Crippen molar-refractivity contribution in [1.82, 2.24) is 0 Å². The molecule has 1 rings (SSSR count). The van der Waals surface area contributed by atoms with E-state index in [1.807, 2.05) is 18.2 Å². The maximum absolute atomic E-state index is 8.63. The molecule has 1 aromatic carbocycles. The summed E-state index contributed by atoms with van der Waals surface area (Å²) in [5.41, 5.74) is 7.88. The van der Waals surface area contributed by atoms with Gasteiger partial charge in [-0.3, -0.25) is 0 Å². The van der Waals surface area contributed by atoms with Gasteiger partial charge in [0.05, 0.1) is 6.61 Å². The molecule has 0 unspecified atom stereocenters. The van der Waals surface area contributed by atoms with Gasteiger partial charge in [0.25, 0.3) is 0 Å². The highest BCUT2D eigenvalue weighted by Gasteiger charge is 1.92. The summed E-state index contributed by atoms with van der Waals surface area (Å²) in [5, 5.41) is 8.63. The largest absolute Gasteiger partial charge is 0.392 e. The number of aliphatic hydroxyl groups is 1. The number of rotatable bonds is 5. The molecular formula is C12H17NO. The van der Waals surface area contributed by atoms with Gasteiger partial charge >= 0.3 is 0 Å². The van der Waals surface area contributed by atoms with Gasteiger partial charge in [-0.05, 0) is 30.5 Å². The first-order chi connectivity index (χ1) is 6.86. The summed E-state index contributed by atoms with van der Waals surface area (Å²) in [4.78, 5) is 0. The molecule has 0 saturated carbocycles. The van der Waals surface area contributed by atoms with E-state index >= 15 is 0 Å². The molecule has 0 atom stereocenters. The Labute approximate surface area is 85.1 Å². The number of aliphatic hydroxyl groups excluding tert-OH is 1. The summed E-state index contributed by atoms with van der Waals surface area (Å²) in [6.07, 6.45) is 5.71. The van der Waals surface area contributed by atoms with Crippen LogP contribution in [0, 0.1) is 0 Å². The molecular weight excluding hydrogens is 174 g/mol. The normalized spacial score (nSPS) is 11.0. The quantitative estimate of drug-likeness (QED) is 0.742. The van der Waals surface area contributed by atoms with Crippen LogP contribution < -0.4 is 5.73 Å². The van der Waals surface area contributed by atoms with Crippen molar-refractivity contribution in [2.24, 2.45) is 5.73 Å². The van der Waals surface area contributed by atoms with Gasteiger partial charge in [-0.2, -0.15) is 0 Å². The molecule has 2 nitrogen and oxygen atoms in total. The number of nitrogens with two attached hydrogens (primary N) is 1. The van der Waals surface area contributed by atoms with Gasteiger partial charge in [0.15, 0.2) is 0 Å². The minimum atomic E-state index is 0.0903. The van der Waals surface area contributed by atoms with Crippen LogP contribution >= 0.6 is 0 Å². The van der Waals surface area contributed by atoms with Crippen LogP contribution in [0.25, 0.3) is 6.08 Å². The van der Waals surface area contributed by atoms with E-state index in [0.29, 0.717) is 0 Å². The summed E-state index contributed by atoms with van der Waals surface area (Å²) < 4.78 is 0. The van der Waals surface area contributed by atoms with Crippen molar-refractivity contribution in [3.63, 3.8) is 0 Å². The molecule has 0 aromatic heterocycles. The van der Waals surface area contributed by atoms with Gasteiger partial charge in [0.2, 0.25) is 0 Å². The van der Waals surface area contributed by atoms with Crippen molar-refractivity contribution in [2.45, 2.75) is 12.8 Å². The van der Waals surface area contributed by atoms with Crippen molar-refractivity contribution < 1.29 is 5.11 Å². The molecule has 0 bridgehead atoms. The third-order valence-electron chi connectivity index (χ3n) is 2.04. The first kappa shape index (κ1) is 11.0. The van der Waals surface area contributed by atoms with Gasteiger partial charge in [0.1, 0.15) is 0 Å². The van der Waals surface area contributed by atoms with E-state index < -0.39 is 0 Å². The average molecular weight is 191 g/mol. The van der Waals surface area contributed by atoms with Crippen molar-refractivity contribution >= 4 is 6.08 Å². The molecule has 14 heavy (non-hydrogen) atoms. The van der Waals surface area contributed by atoms with Crippen LogP contribution in [0.4, 0.5) is 0 Å². The maximum Gasteiger partial charge on any atom is 0.0615 e. The van der Waals surface area contributed by atoms with Crippen LogP contribution in [-0.4, -0.2) is 18.3 Å². The van der Waals surface area contributed by atoms with E-state index in [-0.39, 0.29) is 6.61 Å². The first-order valence-corrected chi connectivity index (χ1v) is 4.93. The molecule has 3 N–H and O–H groups in total. The van der Waals surface area contributed by atoms with E-state index in [1.54, 1.807) is 6.08 Å². The predicted octanol–water partition coefficient (Wildman–Crippen LogP) is 1.58. The Morgan fingerprint density at radius 1 is 1.36 bits per heavy atom. The Balaban J connectivity index is 2.63. The van der Waals surface area contributed by atoms with E-state index in [0.717, 1.165) is 24.9 Å². The molecule has 0 amide bonds. The summed E-state index contributed by atoms with van der Waals surface area (Å²) in [6, 6.07) is 8.29. The van der Waals surface area contributed by atoms with Crippen LogP contribution in [0.15, 0.2) is 30.3 Å². The fourth-order valence-electron chi connectivity index (χ4n) is 1.35. The Morgan fingerprint density at radius 2 is 2.21 bits per heavy atom. The zero-order valence-corrected chi connectivity index (χ0v) is 8.32. The van der Waals surface area contributed by atoms with Gasteiger partial charge in [-0.1, -0.05) is 36.4 Å². The Bertz CT molecular complexity index is 294. The highest BCUT2D eigenvalue weighted by molar-refractivity contribution is 5.50. The molecule has 76 valence electrons. The van der Waals surface area contributed by atoms with Crippen LogP contribution in [0.1, 0.15) is 17.5 Å². The Morgan fingerprint density at radius 3 is 2.93 bits per heavy atom. The average Bonchev–Trinajstić information content (AvgIpc) is 2.24. The monoisotopic (exact) mass is 191 g/mol. The molecule has 0 spiro atoms. The Hall–Kier alpha value is -1.12. The summed E-state index contributed by atoms with van der Waals surface area (Å²) >= 11 is 0. The van der Waals surface area contributed by atoms with Gasteiger partial charge < -0.3 is 10.8 Å².